The fourth-order valence-electron chi connectivity index (χ4n) is 4.19. The lowest BCUT2D eigenvalue weighted by atomic mass is 10.1. The van der Waals surface area contributed by atoms with E-state index >= 15 is 0 Å². The number of sulfonamides is 1. The van der Waals surface area contributed by atoms with Crippen molar-refractivity contribution < 1.29 is 40.7 Å². The van der Waals surface area contributed by atoms with Gasteiger partial charge in [0.15, 0.2) is 0 Å². The van der Waals surface area contributed by atoms with Gasteiger partial charge in [-0.3, -0.25) is 10.2 Å². The number of halogens is 3. The van der Waals surface area contributed by atoms with Crippen LogP contribution >= 0.6 is 0 Å². The number of furan rings is 1. The first-order chi connectivity index (χ1) is 18.8. The maximum Gasteiger partial charge on any atom is 0.490 e. The van der Waals surface area contributed by atoms with E-state index in [-0.39, 0.29) is 16.6 Å². The average molecular weight is 577 g/mol. The number of benzene rings is 3. The number of carboxylic acids is 1. The SMILES string of the molecule is N=C(N)c1cccc(CN2CC[C@H](NS(=O)(=O)c3ccc4oc5ccccc5c4c3)C2=O)c1.O=C(O)C(F)(F)F. The van der Waals surface area contributed by atoms with Crippen LogP contribution in [0.5, 0.6) is 0 Å². The second-order valence-corrected chi connectivity index (χ2v) is 10.6. The van der Waals surface area contributed by atoms with E-state index in [1.165, 1.54) is 6.07 Å². The summed E-state index contributed by atoms with van der Waals surface area (Å²) in [4.78, 5) is 23.5. The highest BCUT2D eigenvalue weighted by atomic mass is 32.2. The minimum Gasteiger partial charge on any atom is -0.475 e. The number of hydrogen-bond donors (Lipinski definition) is 4. The van der Waals surface area contributed by atoms with Crippen LogP contribution in [0.2, 0.25) is 0 Å². The quantitative estimate of drug-likeness (QED) is 0.201. The molecule has 0 radical (unpaired) electrons. The van der Waals surface area contributed by atoms with Gasteiger partial charge in [-0.25, -0.2) is 13.2 Å². The fourth-order valence-corrected chi connectivity index (χ4v) is 5.44. The Balaban J connectivity index is 0.000000470. The van der Waals surface area contributed by atoms with Crippen molar-refractivity contribution in [1.82, 2.24) is 9.62 Å². The van der Waals surface area contributed by atoms with Crippen LogP contribution in [0.1, 0.15) is 17.5 Å². The van der Waals surface area contributed by atoms with Gasteiger partial charge < -0.3 is 20.2 Å². The topological polar surface area (TPSA) is 167 Å². The van der Waals surface area contributed by atoms with Crippen LogP contribution in [0.3, 0.4) is 0 Å². The predicted octanol–water partition coefficient (Wildman–Crippen LogP) is 3.58. The zero-order chi connectivity index (χ0) is 29.2. The summed E-state index contributed by atoms with van der Waals surface area (Å²) in [5, 5.41) is 16.2. The normalized spacial score (nSPS) is 15.7. The number of rotatable bonds is 6. The van der Waals surface area contributed by atoms with Crippen LogP contribution in [-0.4, -0.2) is 54.9 Å². The Bertz CT molecular complexity index is 1720. The first-order valence-corrected chi connectivity index (χ1v) is 13.2. The van der Waals surface area contributed by atoms with Crippen LogP contribution in [0.25, 0.3) is 21.9 Å². The number of likely N-dealkylation sites (tertiary alicyclic amines) is 1. The Morgan fingerprint density at radius 3 is 2.42 bits per heavy atom. The molecule has 210 valence electrons. The summed E-state index contributed by atoms with van der Waals surface area (Å²) in [5.41, 5.74) is 8.24. The second-order valence-electron chi connectivity index (χ2n) is 8.90. The minimum absolute atomic E-state index is 0.0439. The molecule has 1 saturated heterocycles. The summed E-state index contributed by atoms with van der Waals surface area (Å²) in [6.07, 6.45) is -4.71. The number of carbonyl (C=O) groups excluding carboxylic acids is 1. The minimum atomic E-state index is -5.08. The number of alkyl halides is 3. The van der Waals surface area contributed by atoms with Crippen molar-refractivity contribution in [2.75, 3.05) is 6.54 Å². The molecule has 0 spiro atoms. The molecule has 5 N–H and O–H groups in total. The largest absolute Gasteiger partial charge is 0.490 e. The molecule has 0 aliphatic carbocycles. The van der Waals surface area contributed by atoms with Gasteiger partial charge in [0.05, 0.1) is 4.90 Å². The van der Waals surface area contributed by atoms with Gasteiger partial charge in [-0.15, -0.1) is 0 Å². The zero-order valence-electron chi connectivity index (χ0n) is 20.6. The van der Waals surface area contributed by atoms with Crippen molar-refractivity contribution in [1.29, 1.82) is 5.41 Å². The van der Waals surface area contributed by atoms with E-state index in [1.54, 1.807) is 35.2 Å². The van der Waals surface area contributed by atoms with Gasteiger partial charge in [0.1, 0.15) is 23.0 Å². The molecule has 10 nitrogen and oxygen atoms in total. The molecule has 0 unspecified atom stereocenters. The summed E-state index contributed by atoms with van der Waals surface area (Å²) < 4.78 is 66.2. The van der Waals surface area contributed by atoms with Crippen molar-refractivity contribution in [3.8, 4) is 0 Å². The van der Waals surface area contributed by atoms with Crippen LogP contribution in [0, 0.1) is 5.41 Å². The van der Waals surface area contributed by atoms with Gasteiger partial charge in [-0.05, 0) is 42.3 Å². The molecule has 4 aromatic rings. The maximum absolute atomic E-state index is 13.1. The number of fused-ring (bicyclic) bond motifs is 3. The molecule has 1 aliphatic heterocycles. The predicted molar refractivity (Wildman–Crippen MR) is 139 cm³/mol. The van der Waals surface area contributed by atoms with E-state index in [0.717, 1.165) is 10.9 Å². The Morgan fingerprint density at radius 1 is 1.07 bits per heavy atom. The van der Waals surface area contributed by atoms with Gasteiger partial charge in [-0.1, -0.05) is 36.4 Å². The molecule has 5 rings (SSSR count). The van der Waals surface area contributed by atoms with Crippen molar-refractivity contribution in [3.63, 3.8) is 0 Å². The van der Waals surface area contributed by atoms with Gasteiger partial charge >= 0.3 is 12.1 Å². The van der Waals surface area contributed by atoms with Crippen molar-refractivity contribution in [2.24, 2.45) is 5.73 Å². The summed E-state index contributed by atoms with van der Waals surface area (Å²) in [6, 6.07) is 18.4. The molecular weight excluding hydrogens is 553 g/mol. The number of para-hydroxylation sites is 1. The number of amides is 1. The molecule has 2 heterocycles. The molecule has 1 atom stereocenters. The van der Waals surface area contributed by atoms with Gasteiger partial charge in [0.2, 0.25) is 15.9 Å². The monoisotopic (exact) mass is 576 g/mol. The fraction of sp³-hybridized carbons (Fsp3) is 0.192. The summed E-state index contributed by atoms with van der Waals surface area (Å²) >= 11 is 0. The van der Waals surface area contributed by atoms with Crippen molar-refractivity contribution in [3.05, 3.63) is 77.9 Å². The number of nitrogens with zero attached hydrogens (tertiary/aromatic N) is 1. The number of nitrogen functional groups attached to an aromatic ring is 1. The van der Waals surface area contributed by atoms with E-state index in [2.05, 4.69) is 4.72 Å². The van der Waals surface area contributed by atoms with Crippen LogP contribution in [0.15, 0.2) is 76.0 Å². The number of amidine groups is 1. The zero-order valence-corrected chi connectivity index (χ0v) is 21.4. The third kappa shape index (κ3) is 6.24. The van der Waals surface area contributed by atoms with Crippen LogP contribution < -0.4 is 10.5 Å². The molecule has 3 aromatic carbocycles. The summed E-state index contributed by atoms with van der Waals surface area (Å²) in [7, 11) is -3.91. The average Bonchev–Trinajstić information content (AvgIpc) is 3.43. The molecule has 1 fully saturated rings. The Kier molecular flexibility index (Phi) is 7.84. The molecule has 40 heavy (non-hydrogen) atoms. The Labute approximate surface area is 225 Å². The second kappa shape index (κ2) is 11.0. The standard InChI is InChI=1S/C24H22N4O4S.C2HF3O2/c25-23(26)16-5-3-4-15(12-16)14-28-11-10-20(24(28)29)27-33(30,31)17-8-9-22-19(13-17)18-6-1-2-7-21(18)32-22;3-2(4,5)1(6)7/h1-9,12-13,20,27H,10-11,14H2,(H3,25,26);(H,6,7)/t20-;/m0./s1. The van der Waals surface area contributed by atoms with Crippen LogP contribution in [-0.2, 0) is 26.2 Å². The first kappa shape index (κ1) is 28.6. The molecular formula is C26H23F3N4O6S. The molecule has 1 aliphatic rings. The highest BCUT2D eigenvalue weighted by molar-refractivity contribution is 7.89. The van der Waals surface area contributed by atoms with E-state index in [9.17, 15) is 26.4 Å². The highest BCUT2D eigenvalue weighted by Gasteiger charge is 2.38. The maximum atomic E-state index is 13.1. The van der Waals surface area contributed by atoms with E-state index in [0.29, 0.717) is 41.6 Å². The van der Waals surface area contributed by atoms with Crippen LogP contribution in [0.4, 0.5) is 13.2 Å². The molecule has 14 heteroatoms. The highest BCUT2D eigenvalue weighted by Crippen LogP contribution is 2.30. The van der Waals surface area contributed by atoms with E-state index in [1.807, 2.05) is 30.3 Å². The number of hydrogen-bond acceptors (Lipinski definition) is 6. The lowest BCUT2D eigenvalue weighted by molar-refractivity contribution is -0.192. The van der Waals surface area contributed by atoms with E-state index in [4.69, 9.17) is 25.5 Å². The lowest BCUT2D eigenvalue weighted by Crippen LogP contribution is -2.41. The molecule has 1 amide bonds. The summed E-state index contributed by atoms with van der Waals surface area (Å²) in [6.45, 7) is 0.757. The Hall–Kier alpha value is -4.43. The molecule has 1 aromatic heterocycles. The van der Waals surface area contributed by atoms with Gasteiger partial charge in [0, 0.05) is 29.4 Å². The van der Waals surface area contributed by atoms with Gasteiger partial charge in [0.25, 0.3) is 0 Å². The number of aliphatic carboxylic acids is 1. The number of carbonyl (C=O) groups is 2. The third-order valence-corrected chi connectivity index (χ3v) is 7.58. The van der Waals surface area contributed by atoms with E-state index < -0.39 is 28.2 Å². The Morgan fingerprint density at radius 2 is 1.75 bits per heavy atom. The molecule has 0 saturated carbocycles. The van der Waals surface area contributed by atoms with Gasteiger partial charge in [-0.2, -0.15) is 17.9 Å². The first-order valence-electron chi connectivity index (χ1n) is 11.7. The number of carboxylic acid groups (broad SMARTS) is 1. The van der Waals surface area contributed by atoms with Crippen molar-refractivity contribution in [2.45, 2.75) is 30.1 Å². The lowest BCUT2D eigenvalue weighted by Gasteiger charge is -2.18. The number of nitrogens with two attached hydrogens (primary N) is 1. The number of nitrogens with one attached hydrogen (secondary N) is 2. The molecule has 0 bridgehead atoms. The smallest absolute Gasteiger partial charge is 0.475 e. The summed E-state index contributed by atoms with van der Waals surface area (Å²) in [5.74, 6) is -3.08. The van der Waals surface area contributed by atoms with Crippen molar-refractivity contribution >= 4 is 49.7 Å². The third-order valence-electron chi connectivity index (χ3n) is 6.11.